The number of rotatable bonds is 5. The number of aromatic nitrogens is 5. The van der Waals surface area contributed by atoms with Gasteiger partial charge in [0.25, 0.3) is 5.91 Å². The van der Waals surface area contributed by atoms with Gasteiger partial charge < -0.3 is 5.32 Å². The van der Waals surface area contributed by atoms with E-state index < -0.39 is 0 Å². The van der Waals surface area contributed by atoms with Crippen molar-refractivity contribution in [1.82, 2.24) is 30.0 Å². The Morgan fingerprint density at radius 1 is 1.12 bits per heavy atom. The molecule has 0 unspecified atom stereocenters. The van der Waals surface area contributed by atoms with Crippen molar-refractivity contribution in [2.24, 2.45) is 0 Å². The summed E-state index contributed by atoms with van der Waals surface area (Å²) < 4.78 is 1.85. The first-order valence-electron chi connectivity index (χ1n) is 8.53. The molecule has 1 N–H and O–H groups in total. The van der Waals surface area contributed by atoms with E-state index in [1.807, 2.05) is 36.7 Å². The van der Waals surface area contributed by atoms with E-state index in [9.17, 15) is 4.79 Å². The Morgan fingerprint density at radius 3 is 2.38 bits per heavy atom. The second-order valence-corrected chi connectivity index (χ2v) is 6.45. The van der Waals surface area contributed by atoms with Crippen LogP contribution < -0.4 is 5.32 Å². The highest BCUT2D eigenvalue weighted by Gasteiger charge is 2.12. The van der Waals surface area contributed by atoms with Gasteiger partial charge in [-0.05, 0) is 45.9 Å². The van der Waals surface area contributed by atoms with E-state index >= 15 is 0 Å². The van der Waals surface area contributed by atoms with Crippen LogP contribution in [0.2, 0.25) is 0 Å². The van der Waals surface area contributed by atoms with Gasteiger partial charge in [-0.1, -0.05) is 12.1 Å². The summed E-state index contributed by atoms with van der Waals surface area (Å²) in [6, 6.07) is 9.45. The average molecular weight is 350 g/mol. The largest absolute Gasteiger partial charge is 0.345 e. The quantitative estimate of drug-likeness (QED) is 0.765. The molecule has 0 fully saturated rings. The van der Waals surface area contributed by atoms with E-state index in [2.05, 4.69) is 39.2 Å². The van der Waals surface area contributed by atoms with Gasteiger partial charge in [-0.25, -0.2) is 19.6 Å². The zero-order valence-electron chi connectivity index (χ0n) is 15.4. The topological polar surface area (TPSA) is 85.6 Å². The van der Waals surface area contributed by atoms with Crippen molar-refractivity contribution in [3.8, 4) is 11.4 Å². The van der Waals surface area contributed by atoms with Crippen LogP contribution in [0.5, 0.6) is 0 Å². The van der Waals surface area contributed by atoms with Gasteiger partial charge in [-0.2, -0.15) is 5.10 Å². The summed E-state index contributed by atoms with van der Waals surface area (Å²) in [5.74, 6) is 1.23. The molecule has 2 aromatic heterocycles. The third-order valence-corrected chi connectivity index (χ3v) is 3.90. The van der Waals surface area contributed by atoms with Crippen LogP contribution in [-0.4, -0.2) is 30.6 Å². The molecule has 7 nitrogen and oxygen atoms in total. The van der Waals surface area contributed by atoms with Gasteiger partial charge in [0.2, 0.25) is 0 Å². The first kappa shape index (κ1) is 17.7. The first-order chi connectivity index (χ1) is 12.4. The molecule has 0 atom stereocenters. The van der Waals surface area contributed by atoms with Gasteiger partial charge in [0.1, 0.15) is 12.2 Å². The van der Waals surface area contributed by atoms with Gasteiger partial charge in [0.05, 0.1) is 6.54 Å². The number of aryl methyl sites for hydroxylation is 2. The molecule has 7 heteroatoms. The number of hydrogen-bond donors (Lipinski definition) is 1. The van der Waals surface area contributed by atoms with Gasteiger partial charge in [0, 0.05) is 28.6 Å². The third kappa shape index (κ3) is 3.93. The molecule has 3 aromatic rings. The van der Waals surface area contributed by atoms with Crippen LogP contribution in [0.3, 0.4) is 0 Å². The Morgan fingerprint density at radius 2 is 1.77 bits per heavy atom. The molecule has 134 valence electrons. The summed E-state index contributed by atoms with van der Waals surface area (Å²) >= 11 is 0. The highest BCUT2D eigenvalue weighted by molar-refractivity contribution is 5.94. The molecule has 0 bridgehead atoms. The molecule has 0 spiro atoms. The predicted molar refractivity (Wildman–Crippen MR) is 98.5 cm³/mol. The second-order valence-electron chi connectivity index (χ2n) is 6.45. The molecule has 1 aromatic carbocycles. The van der Waals surface area contributed by atoms with Gasteiger partial charge >= 0.3 is 0 Å². The SMILES string of the molecule is Cc1cc(C)nc(CNC(=O)c2ccc(-c3ncnn3C(C)C)cc2)n1. The van der Waals surface area contributed by atoms with Crippen molar-refractivity contribution in [2.75, 3.05) is 0 Å². The van der Waals surface area contributed by atoms with E-state index in [1.54, 1.807) is 18.5 Å². The van der Waals surface area contributed by atoms with E-state index in [4.69, 9.17) is 0 Å². The van der Waals surface area contributed by atoms with E-state index in [0.29, 0.717) is 17.9 Å². The van der Waals surface area contributed by atoms with E-state index in [0.717, 1.165) is 22.8 Å². The van der Waals surface area contributed by atoms with Crippen molar-refractivity contribution >= 4 is 5.91 Å². The Bertz CT molecular complexity index is 894. The zero-order valence-corrected chi connectivity index (χ0v) is 15.4. The maximum absolute atomic E-state index is 12.4. The molecular formula is C19H22N6O. The lowest BCUT2D eigenvalue weighted by atomic mass is 10.1. The molecule has 1 amide bonds. The molecule has 0 radical (unpaired) electrons. The summed E-state index contributed by atoms with van der Waals surface area (Å²) in [5, 5.41) is 7.10. The highest BCUT2D eigenvalue weighted by atomic mass is 16.1. The Hall–Kier alpha value is -3.09. The molecule has 0 saturated carbocycles. The van der Waals surface area contributed by atoms with Gasteiger partial charge in [-0.15, -0.1) is 0 Å². The molecule has 3 rings (SSSR count). The molecule has 2 heterocycles. The number of benzene rings is 1. The van der Waals surface area contributed by atoms with Crippen LogP contribution in [0.15, 0.2) is 36.7 Å². The second kappa shape index (κ2) is 7.43. The Balaban J connectivity index is 1.70. The molecule has 0 aliphatic heterocycles. The van der Waals surface area contributed by atoms with E-state index in [-0.39, 0.29) is 11.9 Å². The number of hydrogen-bond acceptors (Lipinski definition) is 5. The number of carbonyl (C=O) groups is 1. The lowest BCUT2D eigenvalue weighted by Gasteiger charge is -2.10. The molecule has 26 heavy (non-hydrogen) atoms. The predicted octanol–water partition coefficient (Wildman–Crippen LogP) is 2.86. The summed E-state index contributed by atoms with van der Waals surface area (Å²) in [7, 11) is 0. The summed E-state index contributed by atoms with van der Waals surface area (Å²) in [4.78, 5) is 25.3. The smallest absolute Gasteiger partial charge is 0.251 e. The maximum atomic E-state index is 12.4. The van der Waals surface area contributed by atoms with Gasteiger partial charge in [-0.3, -0.25) is 4.79 Å². The number of nitrogens with one attached hydrogen (secondary N) is 1. The minimum Gasteiger partial charge on any atom is -0.345 e. The third-order valence-electron chi connectivity index (χ3n) is 3.90. The number of nitrogens with zero attached hydrogens (tertiary/aromatic N) is 5. The zero-order chi connectivity index (χ0) is 18.7. The Kier molecular flexibility index (Phi) is 5.06. The van der Waals surface area contributed by atoms with Crippen LogP contribution in [-0.2, 0) is 6.54 Å². The molecule has 0 aliphatic rings. The first-order valence-corrected chi connectivity index (χ1v) is 8.53. The van der Waals surface area contributed by atoms with Crippen molar-refractivity contribution in [3.63, 3.8) is 0 Å². The van der Waals surface area contributed by atoms with E-state index in [1.165, 1.54) is 0 Å². The normalized spacial score (nSPS) is 11.0. The molecule has 0 aliphatic carbocycles. The fourth-order valence-corrected chi connectivity index (χ4v) is 2.74. The average Bonchev–Trinajstić information content (AvgIpc) is 3.09. The molecular weight excluding hydrogens is 328 g/mol. The summed E-state index contributed by atoms with van der Waals surface area (Å²) in [6.45, 7) is 8.22. The Labute approximate surface area is 152 Å². The van der Waals surface area contributed by atoms with Crippen molar-refractivity contribution in [3.05, 3.63) is 59.4 Å². The van der Waals surface area contributed by atoms with Gasteiger partial charge in [0.15, 0.2) is 5.82 Å². The standard InChI is InChI=1S/C19H22N6O/c1-12(2)25-18(21-11-22-25)15-5-7-16(8-6-15)19(26)20-10-17-23-13(3)9-14(4)24-17/h5-9,11-12H,10H2,1-4H3,(H,20,26). The van der Waals surface area contributed by atoms with Crippen LogP contribution in [0, 0.1) is 13.8 Å². The number of carbonyl (C=O) groups excluding carboxylic acids is 1. The minimum absolute atomic E-state index is 0.162. The van der Waals surface area contributed by atoms with Crippen LogP contribution >= 0.6 is 0 Å². The van der Waals surface area contributed by atoms with Crippen LogP contribution in [0.4, 0.5) is 0 Å². The fourth-order valence-electron chi connectivity index (χ4n) is 2.74. The highest BCUT2D eigenvalue weighted by Crippen LogP contribution is 2.20. The molecule has 0 saturated heterocycles. The lowest BCUT2D eigenvalue weighted by molar-refractivity contribution is 0.0950. The van der Waals surface area contributed by atoms with Crippen molar-refractivity contribution in [1.29, 1.82) is 0 Å². The van der Waals surface area contributed by atoms with Crippen molar-refractivity contribution < 1.29 is 4.79 Å². The fraction of sp³-hybridized carbons (Fsp3) is 0.316. The monoisotopic (exact) mass is 350 g/mol. The van der Waals surface area contributed by atoms with Crippen LogP contribution in [0.1, 0.15) is 47.5 Å². The lowest BCUT2D eigenvalue weighted by Crippen LogP contribution is -2.24. The maximum Gasteiger partial charge on any atom is 0.251 e. The minimum atomic E-state index is -0.162. The summed E-state index contributed by atoms with van der Waals surface area (Å²) in [5.41, 5.74) is 3.28. The number of amides is 1. The summed E-state index contributed by atoms with van der Waals surface area (Å²) in [6.07, 6.45) is 1.54. The van der Waals surface area contributed by atoms with Crippen molar-refractivity contribution in [2.45, 2.75) is 40.3 Å². The van der Waals surface area contributed by atoms with Crippen LogP contribution in [0.25, 0.3) is 11.4 Å².